The van der Waals surface area contributed by atoms with Gasteiger partial charge in [-0.05, 0) is 49.6 Å². The van der Waals surface area contributed by atoms with E-state index in [0.717, 1.165) is 30.8 Å². The van der Waals surface area contributed by atoms with Crippen LogP contribution in [0.1, 0.15) is 24.0 Å². The zero-order valence-corrected chi connectivity index (χ0v) is 14.0. The molecule has 126 valence electrons. The van der Waals surface area contributed by atoms with Gasteiger partial charge in [-0.15, -0.1) is 0 Å². The maximum atomic E-state index is 12.2. The molecule has 0 radical (unpaired) electrons. The smallest absolute Gasteiger partial charge is 0.227 e. The highest BCUT2D eigenvalue weighted by Gasteiger charge is 2.21. The van der Waals surface area contributed by atoms with Crippen molar-refractivity contribution >= 4 is 17.3 Å². The van der Waals surface area contributed by atoms with Crippen LogP contribution in [0.5, 0.6) is 0 Å². The second-order valence-corrected chi connectivity index (χ2v) is 6.30. The summed E-state index contributed by atoms with van der Waals surface area (Å²) in [7, 11) is 0. The van der Waals surface area contributed by atoms with Gasteiger partial charge in [0.1, 0.15) is 0 Å². The minimum absolute atomic E-state index is 0.0675. The van der Waals surface area contributed by atoms with Gasteiger partial charge < -0.3 is 15.4 Å². The second-order valence-electron chi connectivity index (χ2n) is 6.30. The predicted molar refractivity (Wildman–Crippen MR) is 97.1 cm³/mol. The van der Waals surface area contributed by atoms with Crippen LogP contribution in [-0.2, 0) is 16.1 Å². The number of aryl methyl sites for hydroxylation is 1. The Kier molecular flexibility index (Phi) is 5.49. The fraction of sp³-hybridized carbons (Fsp3) is 0.350. The van der Waals surface area contributed by atoms with Crippen molar-refractivity contribution in [1.29, 1.82) is 0 Å². The third-order valence-electron chi connectivity index (χ3n) is 4.32. The molecule has 1 amide bonds. The fourth-order valence-corrected chi connectivity index (χ4v) is 2.90. The molecule has 4 nitrogen and oxygen atoms in total. The first kappa shape index (κ1) is 16.5. The summed E-state index contributed by atoms with van der Waals surface area (Å²) in [4.78, 5) is 12.2. The summed E-state index contributed by atoms with van der Waals surface area (Å²) in [5.74, 6) is 0.164. The van der Waals surface area contributed by atoms with Gasteiger partial charge in [-0.1, -0.05) is 29.8 Å². The molecule has 1 aliphatic rings. The van der Waals surface area contributed by atoms with Crippen molar-refractivity contribution in [2.75, 3.05) is 23.8 Å². The van der Waals surface area contributed by atoms with E-state index in [-0.39, 0.29) is 11.8 Å². The Balaban J connectivity index is 1.52. The molecule has 24 heavy (non-hydrogen) atoms. The van der Waals surface area contributed by atoms with E-state index in [1.54, 1.807) is 0 Å². The third kappa shape index (κ3) is 4.59. The van der Waals surface area contributed by atoms with Crippen LogP contribution < -0.4 is 10.6 Å². The number of hydrogen-bond donors (Lipinski definition) is 2. The van der Waals surface area contributed by atoms with Crippen LogP contribution in [0.3, 0.4) is 0 Å². The van der Waals surface area contributed by atoms with E-state index in [1.165, 1.54) is 11.1 Å². The molecule has 1 saturated heterocycles. The Hall–Kier alpha value is -2.33. The number of nitrogens with one attached hydrogen (secondary N) is 2. The van der Waals surface area contributed by atoms with Crippen molar-refractivity contribution in [2.45, 2.75) is 26.3 Å². The lowest BCUT2D eigenvalue weighted by Crippen LogP contribution is -2.28. The normalized spacial score (nSPS) is 15.0. The van der Waals surface area contributed by atoms with E-state index < -0.39 is 0 Å². The number of carbonyl (C=O) groups excluding carboxylic acids is 1. The van der Waals surface area contributed by atoms with Crippen molar-refractivity contribution in [1.82, 2.24) is 0 Å². The van der Waals surface area contributed by atoms with E-state index in [1.807, 2.05) is 24.3 Å². The van der Waals surface area contributed by atoms with Crippen molar-refractivity contribution in [3.8, 4) is 0 Å². The number of ether oxygens (including phenoxy) is 1. The first-order valence-electron chi connectivity index (χ1n) is 8.49. The van der Waals surface area contributed by atoms with E-state index in [2.05, 4.69) is 41.8 Å². The highest BCUT2D eigenvalue weighted by atomic mass is 16.5. The Bertz CT molecular complexity index is 676. The molecule has 0 aliphatic carbocycles. The minimum atomic E-state index is 0.0675. The standard InChI is InChI=1S/C20H24N2O2/c1-15-3-2-4-16(13-15)14-21-18-5-7-19(8-6-18)22-20(23)17-9-11-24-12-10-17/h2-8,13,17,21H,9-12,14H2,1H3,(H,22,23). The second kappa shape index (κ2) is 7.97. The number of rotatable bonds is 5. The van der Waals surface area contributed by atoms with Gasteiger partial charge in [-0.2, -0.15) is 0 Å². The summed E-state index contributed by atoms with van der Waals surface area (Å²) in [6, 6.07) is 16.3. The topological polar surface area (TPSA) is 50.4 Å². The average molecular weight is 324 g/mol. The van der Waals surface area contributed by atoms with Gasteiger partial charge in [0.15, 0.2) is 0 Å². The molecular formula is C20H24N2O2. The van der Waals surface area contributed by atoms with Gasteiger partial charge in [0.25, 0.3) is 0 Å². The summed E-state index contributed by atoms with van der Waals surface area (Å²) < 4.78 is 5.30. The molecule has 0 saturated carbocycles. The molecule has 0 atom stereocenters. The van der Waals surface area contributed by atoms with Crippen molar-refractivity contribution in [3.63, 3.8) is 0 Å². The predicted octanol–water partition coefficient (Wildman–Crippen LogP) is 3.97. The highest BCUT2D eigenvalue weighted by molar-refractivity contribution is 5.92. The fourth-order valence-electron chi connectivity index (χ4n) is 2.90. The van der Waals surface area contributed by atoms with Crippen LogP contribution in [0, 0.1) is 12.8 Å². The molecule has 0 bridgehead atoms. The highest BCUT2D eigenvalue weighted by Crippen LogP contribution is 2.19. The van der Waals surface area contributed by atoms with Crippen LogP contribution in [0.2, 0.25) is 0 Å². The number of amides is 1. The first-order valence-corrected chi connectivity index (χ1v) is 8.49. The lowest BCUT2D eigenvalue weighted by molar-refractivity contribution is -0.122. The molecule has 2 N–H and O–H groups in total. The van der Waals surface area contributed by atoms with E-state index >= 15 is 0 Å². The average Bonchev–Trinajstić information content (AvgIpc) is 2.62. The minimum Gasteiger partial charge on any atom is -0.381 e. The van der Waals surface area contributed by atoms with Gasteiger partial charge in [0, 0.05) is 37.1 Å². The molecule has 0 aromatic heterocycles. The van der Waals surface area contributed by atoms with Crippen LogP contribution in [0.4, 0.5) is 11.4 Å². The monoisotopic (exact) mass is 324 g/mol. The summed E-state index contributed by atoms with van der Waals surface area (Å²) in [5.41, 5.74) is 4.40. The molecule has 3 rings (SSSR count). The van der Waals surface area contributed by atoms with Gasteiger partial charge in [0.05, 0.1) is 0 Å². The van der Waals surface area contributed by atoms with E-state index in [9.17, 15) is 4.79 Å². The zero-order valence-electron chi connectivity index (χ0n) is 14.0. The number of benzene rings is 2. The maximum absolute atomic E-state index is 12.2. The van der Waals surface area contributed by atoms with Crippen LogP contribution in [0.15, 0.2) is 48.5 Å². The summed E-state index contributed by atoms with van der Waals surface area (Å²) in [5, 5.41) is 6.40. The Morgan fingerprint density at radius 3 is 2.50 bits per heavy atom. The molecule has 1 heterocycles. The molecule has 1 fully saturated rings. The van der Waals surface area contributed by atoms with Crippen LogP contribution >= 0.6 is 0 Å². The van der Waals surface area contributed by atoms with Gasteiger partial charge >= 0.3 is 0 Å². The largest absolute Gasteiger partial charge is 0.381 e. The molecule has 2 aromatic rings. The van der Waals surface area contributed by atoms with Gasteiger partial charge in [0.2, 0.25) is 5.91 Å². The molecule has 0 unspecified atom stereocenters. The lowest BCUT2D eigenvalue weighted by atomic mass is 9.99. The van der Waals surface area contributed by atoms with Crippen molar-refractivity contribution in [2.24, 2.45) is 5.92 Å². The van der Waals surface area contributed by atoms with Crippen molar-refractivity contribution in [3.05, 3.63) is 59.7 Å². The van der Waals surface area contributed by atoms with Crippen LogP contribution in [-0.4, -0.2) is 19.1 Å². The van der Waals surface area contributed by atoms with Gasteiger partial charge in [-0.3, -0.25) is 4.79 Å². The molecule has 2 aromatic carbocycles. The first-order chi connectivity index (χ1) is 11.7. The van der Waals surface area contributed by atoms with E-state index in [4.69, 9.17) is 4.74 Å². The molecule has 4 heteroatoms. The maximum Gasteiger partial charge on any atom is 0.227 e. The SMILES string of the molecule is Cc1cccc(CNc2ccc(NC(=O)C3CCOCC3)cc2)c1. The van der Waals surface area contributed by atoms with Gasteiger partial charge in [-0.25, -0.2) is 0 Å². The molecule has 1 aliphatic heterocycles. The molecular weight excluding hydrogens is 300 g/mol. The van der Waals surface area contributed by atoms with Crippen LogP contribution in [0.25, 0.3) is 0 Å². The summed E-state index contributed by atoms with van der Waals surface area (Å²) in [6.45, 7) is 4.24. The number of carbonyl (C=O) groups is 1. The van der Waals surface area contributed by atoms with Crippen molar-refractivity contribution < 1.29 is 9.53 Å². The quantitative estimate of drug-likeness (QED) is 0.875. The molecule has 0 spiro atoms. The summed E-state index contributed by atoms with van der Waals surface area (Å²) >= 11 is 0. The number of hydrogen-bond acceptors (Lipinski definition) is 3. The Morgan fingerprint density at radius 2 is 1.79 bits per heavy atom. The Morgan fingerprint density at radius 1 is 1.08 bits per heavy atom. The third-order valence-corrected chi connectivity index (χ3v) is 4.32. The zero-order chi connectivity index (χ0) is 16.8. The number of anilines is 2. The van der Waals surface area contributed by atoms with E-state index in [0.29, 0.717) is 13.2 Å². The summed E-state index contributed by atoms with van der Waals surface area (Å²) in [6.07, 6.45) is 1.62. The Labute approximate surface area is 143 Å². The lowest BCUT2D eigenvalue weighted by Gasteiger charge is -2.21.